The van der Waals surface area contributed by atoms with E-state index in [0.29, 0.717) is 0 Å². The van der Waals surface area contributed by atoms with Gasteiger partial charge in [-0.3, -0.25) is 4.98 Å². The van der Waals surface area contributed by atoms with Crippen molar-refractivity contribution in [2.45, 2.75) is 0 Å². The van der Waals surface area contributed by atoms with Gasteiger partial charge in [0.1, 0.15) is 11.5 Å². The van der Waals surface area contributed by atoms with Crippen molar-refractivity contribution in [3.8, 4) is 22.8 Å². The van der Waals surface area contributed by atoms with Crippen LogP contribution in [0, 0.1) is 6.92 Å². The fourth-order valence-electron chi connectivity index (χ4n) is 4.06. The summed E-state index contributed by atoms with van der Waals surface area (Å²) in [6.45, 7) is 4.08. The van der Waals surface area contributed by atoms with Crippen LogP contribution in [0.5, 0.6) is 11.5 Å². The van der Waals surface area contributed by atoms with Gasteiger partial charge in [-0.2, -0.15) is 0 Å². The van der Waals surface area contributed by atoms with Gasteiger partial charge in [0.25, 0.3) is 0 Å². The molecule has 36 heavy (non-hydrogen) atoms. The van der Waals surface area contributed by atoms with E-state index < -0.39 is 7.92 Å². The number of hydrogen-bond donors (Lipinski definition) is 0. The predicted molar refractivity (Wildman–Crippen MR) is 150 cm³/mol. The van der Waals surface area contributed by atoms with Crippen LogP contribution in [-0.4, -0.2) is 11.1 Å². The van der Waals surface area contributed by atoms with Crippen LogP contribution in [0.15, 0.2) is 128 Å². The minimum absolute atomic E-state index is 0. The van der Waals surface area contributed by atoms with Crippen LogP contribution in [-0.2, 0) is 17.1 Å². The van der Waals surface area contributed by atoms with Gasteiger partial charge in [-0.1, -0.05) is 90.3 Å². The number of nitrogens with zero attached hydrogens (tertiary/aromatic N) is 2. The third-order valence-corrected chi connectivity index (χ3v) is 8.31. The largest absolute Gasteiger partial charge is 2.00 e. The maximum Gasteiger partial charge on any atom is 2.00 e. The Balaban J connectivity index is 0.000000172. The molecular weight excluding hydrogens is 511 g/mol. The van der Waals surface area contributed by atoms with E-state index >= 15 is 0 Å². The van der Waals surface area contributed by atoms with E-state index in [4.69, 9.17) is 10.1 Å². The molecule has 1 aliphatic heterocycles. The third kappa shape index (κ3) is 5.86. The van der Waals surface area contributed by atoms with Gasteiger partial charge >= 0.3 is 17.1 Å². The van der Waals surface area contributed by atoms with E-state index in [1.807, 2.05) is 60.7 Å². The Morgan fingerprint density at radius 3 is 1.92 bits per heavy atom. The normalized spacial score (nSPS) is 10.9. The fourth-order valence-corrected chi connectivity index (χ4v) is 6.16. The Hall–Kier alpha value is -3.42. The van der Waals surface area contributed by atoms with E-state index in [2.05, 4.69) is 72.6 Å². The Bertz CT molecular complexity index is 1340. The molecule has 4 aromatic carbocycles. The topological polar surface area (TPSA) is 36.2 Å². The van der Waals surface area contributed by atoms with Crippen LogP contribution >= 0.6 is 7.92 Å². The molecule has 0 unspecified atom stereocenters. The summed E-state index contributed by atoms with van der Waals surface area (Å²) < 4.78 is 5.92. The number of pyridine rings is 1. The summed E-state index contributed by atoms with van der Waals surface area (Å²) in [5.41, 5.74) is 3.57. The van der Waals surface area contributed by atoms with Crippen LogP contribution in [0.4, 0.5) is 11.4 Å². The smallest absolute Gasteiger partial charge is 0.651 e. The molecule has 0 fully saturated rings. The van der Waals surface area contributed by atoms with E-state index in [9.17, 15) is 0 Å². The van der Waals surface area contributed by atoms with Crippen molar-refractivity contribution in [1.82, 2.24) is 4.98 Å². The molecule has 0 amide bonds. The van der Waals surface area contributed by atoms with Crippen molar-refractivity contribution < 1.29 is 21.8 Å². The minimum atomic E-state index is -0.650. The Morgan fingerprint density at radius 2 is 1.28 bits per heavy atom. The van der Waals surface area contributed by atoms with Gasteiger partial charge in [0.15, 0.2) is 0 Å². The van der Waals surface area contributed by atoms with Crippen molar-refractivity contribution in [1.29, 1.82) is 0 Å². The van der Waals surface area contributed by atoms with Gasteiger partial charge in [0.2, 0.25) is 0 Å². The standard InChI is InChI=1S/C17H11N2O.C14H14P.Cu/c1-2-9-15-14(8-1)19-17-12(6-5-10-16(17)20-15)13-7-3-4-11-18-13;1-2-15(13-9-5-3-6-10-13)14-11-7-4-8-12-14;/h1-11H;3-12H,1-2H2;/q2*-1;+2/p+1. The number of fused-ring (bicyclic) bond motifs is 2. The summed E-state index contributed by atoms with van der Waals surface area (Å²) in [6, 6.07) is 41.0. The number of para-hydroxylation sites is 3. The molecular formula is C31H26CuN2OP+. The van der Waals surface area contributed by atoms with Crippen molar-refractivity contribution in [2.24, 2.45) is 0 Å². The molecule has 0 saturated heterocycles. The van der Waals surface area contributed by atoms with E-state index in [0.717, 1.165) is 40.3 Å². The summed E-state index contributed by atoms with van der Waals surface area (Å²) in [5, 5.41) is 7.62. The number of aromatic nitrogens is 1. The Morgan fingerprint density at radius 1 is 0.667 bits per heavy atom. The second-order valence-corrected chi connectivity index (χ2v) is 10.6. The van der Waals surface area contributed by atoms with Crippen LogP contribution < -0.4 is 15.3 Å². The molecule has 181 valence electrons. The van der Waals surface area contributed by atoms with Gasteiger partial charge in [0, 0.05) is 14.1 Å². The SMILES string of the molecule is [CH2-]C[PH+](c1ccccc1)c1ccccc1.[Cu+2].c1ccc(-c2cccc3c2[N-]c2ccccc2O3)nc1. The van der Waals surface area contributed by atoms with Crippen LogP contribution in [0.1, 0.15) is 0 Å². The maximum atomic E-state index is 5.92. The third-order valence-electron chi connectivity index (χ3n) is 5.75. The quantitative estimate of drug-likeness (QED) is 0.130. The number of ether oxygens (including phenoxy) is 1. The first kappa shape index (κ1) is 25.7. The van der Waals surface area contributed by atoms with E-state index in [1.165, 1.54) is 10.6 Å². The Labute approximate surface area is 224 Å². The van der Waals surface area contributed by atoms with Crippen molar-refractivity contribution in [2.75, 3.05) is 6.16 Å². The number of rotatable bonds is 4. The van der Waals surface area contributed by atoms with Gasteiger partial charge in [-0.25, -0.2) is 0 Å². The second-order valence-electron chi connectivity index (χ2n) is 8.01. The zero-order valence-corrected chi connectivity index (χ0v) is 21.6. The first-order valence-corrected chi connectivity index (χ1v) is 13.3. The molecule has 5 aromatic rings. The van der Waals surface area contributed by atoms with Crippen molar-refractivity contribution in [3.05, 3.63) is 140 Å². The second kappa shape index (κ2) is 12.5. The maximum absolute atomic E-state index is 5.92. The van der Waals surface area contributed by atoms with E-state index in [-0.39, 0.29) is 17.1 Å². The molecule has 1 radical (unpaired) electrons. The summed E-state index contributed by atoms with van der Waals surface area (Å²) >= 11 is 0. The molecule has 1 aromatic heterocycles. The summed E-state index contributed by atoms with van der Waals surface area (Å²) in [6.07, 6.45) is 2.78. The van der Waals surface area contributed by atoms with Crippen LogP contribution in [0.3, 0.4) is 0 Å². The van der Waals surface area contributed by atoms with Gasteiger partial charge in [0.05, 0.1) is 16.3 Å². The molecule has 6 rings (SSSR count). The molecule has 0 atom stereocenters. The summed E-state index contributed by atoms with van der Waals surface area (Å²) in [7, 11) is -0.650. The molecule has 0 N–H and O–H groups in total. The number of benzene rings is 4. The first-order chi connectivity index (χ1) is 17.3. The summed E-state index contributed by atoms with van der Waals surface area (Å²) in [4.78, 5) is 4.40. The zero-order chi connectivity index (χ0) is 23.9. The molecule has 0 bridgehead atoms. The molecule has 0 saturated carbocycles. The molecule has 0 aliphatic carbocycles. The number of hydrogen-bond acceptors (Lipinski definition) is 2. The first-order valence-electron chi connectivity index (χ1n) is 11.6. The van der Waals surface area contributed by atoms with E-state index in [1.54, 1.807) is 6.20 Å². The molecule has 2 heterocycles. The molecule has 1 aliphatic rings. The molecule has 0 spiro atoms. The van der Waals surface area contributed by atoms with Crippen LogP contribution in [0.2, 0.25) is 0 Å². The fraction of sp³-hybridized carbons (Fsp3) is 0.0323. The van der Waals surface area contributed by atoms with Gasteiger partial charge < -0.3 is 17.0 Å². The predicted octanol–water partition coefficient (Wildman–Crippen LogP) is 7.87. The average Bonchev–Trinajstić information content (AvgIpc) is 2.94. The monoisotopic (exact) mass is 536 g/mol. The molecule has 5 heteroatoms. The summed E-state index contributed by atoms with van der Waals surface area (Å²) in [5.74, 6) is 1.56. The minimum Gasteiger partial charge on any atom is -0.651 e. The average molecular weight is 537 g/mol. The van der Waals surface area contributed by atoms with Gasteiger partial charge in [-0.05, 0) is 54.1 Å². The van der Waals surface area contributed by atoms with Crippen molar-refractivity contribution >= 4 is 29.9 Å². The molecule has 3 nitrogen and oxygen atoms in total. The van der Waals surface area contributed by atoms with Crippen LogP contribution in [0.25, 0.3) is 16.6 Å². The zero-order valence-electron chi connectivity index (χ0n) is 19.6. The Kier molecular flexibility index (Phi) is 8.92. The van der Waals surface area contributed by atoms with Crippen molar-refractivity contribution in [3.63, 3.8) is 0 Å². The van der Waals surface area contributed by atoms with Gasteiger partial charge in [-0.15, -0.1) is 0 Å².